The van der Waals surface area contributed by atoms with Gasteiger partial charge in [-0.05, 0) is 55.7 Å². The monoisotopic (exact) mass is 247 g/mol. The van der Waals surface area contributed by atoms with Crippen LogP contribution in [0.4, 0.5) is 5.69 Å². The lowest BCUT2D eigenvalue weighted by Crippen LogP contribution is -2.09. The van der Waals surface area contributed by atoms with Gasteiger partial charge in [-0.15, -0.1) is 0 Å². The maximum absolute atomic E-state index is 11.4. The van der Waals surface area contributed by atoms with Crippen molar-refractivity contribution < 1.29 is 9.53 Å². The lowest BCUT2D eigenvalue weighted by Gasteiger charge is -2.11. The highest BCUT2D eigenvalue weighted by molar-refractivity contribution is 5.69. The molecule has 0 amide bonds. The highest BCUT2D eigenvalue weighted by Crippen LogP contribution is 2.39. The van der Waals surface area contributed by atoms with Gasteiger partial charge in [0.1, 0.15) is 0 Å². The zero-order chi connectivity index (χ0) is 13.0. The maximum atomic E-state index is 11.4. The minimum absolute atomic E-state index is 0.0551. The molecular weight excluding hydrogens is 226 g/mol. The van der Waals surface area contributed by atoms with Crippen molar-refractivity contribution >= 4 is 11.7 Å². The molecule has 0 spiro atoms. The lowest BCUT2D eigenvalue weighted by molar-refractivity contribution is -0.144. The molecule has 2 atom stereocenters. The van der Waals surface area contributed by atoms with Crippen molar-refractivity contribution in [2.45, 2.75) is 38.5 Å². The van der Waals surface area contributed by atoms with Crippen molar-refractivity contribution in [2.75, 3.05) is 12.3 Å². The molecule has 1 aliphatic carbocycles. The minimum atomic E-state index is -0.0551. The highest BCUT2D eigenvalue weighted by atomic mass is 16.5. The molecule has 1 aromatic rings. The second-order valence-corrected chi connectivity index (χ2v) is 5.05. The Morgan fingerprint density at radius 2 is 2.06 bits per heavy atom. The van der Waals surface area contributed by atoms with Crippen LogP contribution >= 0.6 is 0 Å². The number of carbonyl (C=O) groups is 1. The number of ether oxygens (including phenoxy) is 1. The number of hydrogen-bond donors (Lipinski definition) is 1. The van der Waals surface area contributed by atoms with E-state index >= 15 is 0 Å². The third-order valence-corrected chi connectivity index (χ3v) is 3.71. The summed E-state index contributed by atoms with van der Waals surface area (Å²) in [4.78, 5) is 11.4. The second kappa shape index (κ2) is 5.89. The number of hydrogen-bond acceptors (Lipinski definition) is 3. The Morgan fingerprint density at radius 3 is 2.72 bits per heavy atom. The molecule has 18 heavy (non-hydrogen) atoms. The zero-order valence-corrected chi connectivity index (χ0v) is 10.9. The molecule has 3 nitrogen and oxygen atoms in total. The Balaban J connectivity index is 1.88. The number of benzene rings is 1. The number of nitrogen functional groups attached to an aromatic ring is 1. The SMILES string of the molecule is CCOC(=O)CC1CC[C@@H](c2ccc(N)cc2)C1. The molecule has 1 fully saturated rings. The van der Waals surface area contributed by atoms with Gasteiger partial charge in [0, 0.05) is 12.1 Å². The van der Waals surface area contributed by atoms with E-state index in [1.807, 2.05) is 19.1 Å². The van der Waals surface area contributed by atoms with Crippen LogP contribution in [-0.4, -0.2) is 12.6 Å². The summed E-state index contributed by atoms with van der Waals surface area (Å²) in [5.41, 5.74) is 7.84. The van der Waals surface area contributed by atoms with Gasteiger partial charge in [0.05, 0.1) is 6.61 Å². The number of nitrogens with two attached hydrogens (primary N) is 1. The van der Waals surface area contributed by atoms with Crippen LogP contribution in [-0.2, 0) is 9.53 Å². The van der Waals surface area contributed by atoms with E-state index in [2.05, 4.69) is 12.1 Å². The predicted molar refractivity (Wildman–Crippen MR) is 72.2 cm³/mol. The van der Waals surface area contributed by atoms with E-state index in [0.29, 0.717) is 24.9 Å². The first-order valence-corrected chi connectivity index (χ1v) is 6.70. The molecule has 0 saturated heterocycles. The van der Waals surface area contributed by atoms with Crippen LogP contribution in [0.5, 0.6) is 0 Å². The number of esters is 1. The van der Waals surface area contributed by atoms with Gasteiger partial charge in [0.25, 0.3) is 0 Å². The first-order chi connectivity index (χ1) is 8.69. The summed E-state index contributed by atoms with van der Waals surface area (Å²) in [5, 5.41) is 0. The summed E-state index contributed by atoms with van der Waals surface area (Å²) in [6, 6.07) is 8.11. The zero-order valence-electron chi connectivity index (χ0n) is 10.9. The van der Waals surface area contributed by atoms with E-state index in [-0.39, 0.29) is 5.97 Å². The van der Waals surface area contributed by atoms with Crippen molar-refractivity contribution in [3.05, 3.63) is 29.8 Å². The molecule has 0 bridgehead atoms. The van der Waals surface area contributed by atoms with Crippen molar-refractivity contribution in [1.29, 1.82) is 0 Å². The molecule has 1 aromatic carbocycles. The molecule has 3 heteroatoms. The van der Waals surface area contributed by atoms with Gasteiger partial charge in [0.15, 0.2) is 0 Å². The lowest BCUT2D eigenvalue weighted by atomic mass is 9.95. The topological polar surface area (TPSA) is 52.3 Å². The second-order valence-electron chi connectivity index (χ2n) is 5.05. The summed E-state index contributed by atoms with van der Waals surface area (Å²) in [6.07, 6.45) is 3.93. The standard InChI is InChI=1S/C15H21NO2/c1-2-18-15(17)10-11-3-4-13(9-11)12-5-7-14(16)8-6-12/h5-8,11,13H,2-4,9-10,16H2,1H3/t11?,13-/m1/s1. The summed E-state index contributed by atoms with van der Waals surface area (Å²) in [6.45, 7) is 2.33. The molecule has 0 aliphatic heterocycles. The summed E-state index contributed by atoms with van der Waals surface area (Å²) >= 11 is 0. The van der Waals surface area contributed by atoms with Crippen LogP contribution in [0.15, 0.2) is 24.3 Å². The van der Waals surface area contributed by atoms with Gasteiger partial charge in [0.2, 0.25) is 0 Å². The van der Waals surface area contributed by atoms with E-state index in [4.69, 9.17) is 10.5 Å². The first-order valence-electron chi connectivity index (χ1n) is 6.70. The average Bonchev–Trinajstić information content (AvgIpc) is 2.78. The Hall–Kier alpha value is -1.51. The van der Waals surface area contributed by atoms with Crippen molar-refractivity contribution in [3.8, 4) is 0 Å². The third kappa shape index (κ3) is 3.25. The molecule has 0 radical (unpaired) electrons. The average molecular weight is 247 g/mol. The molecule has 1 aliphatic rings. The predicted octanol–water partition coefficient (Wildman–Crippen LogP) is 3.11. The molecule has 1 saturated carbocycles. The maximum Gasteiger partial charge on any atom is 0.306 e. The molecule has 2 N–H and O–H groups in total. The van der Waals surface area contributed by atoms with E-state index in [9.17, 15) is 4.79 Å². The minimum Gasteiger partial charge on any atom is -0.466 e. The van der Waals surface area contributed by atoms with Crippen molar-refractivity contribution in [2.24, 2.45) is 5.92 Å². The Bertz CT molecular complexity index is 399. The summed E-state index contributed by atoms with van der Waals surface area (Å²) in [7, 11) is 0. The van der Waals surface area contributed by atoms with E-state index < -0.39 is 0 Å². The quantitative estimate of drug-likeness (QED) is 0.657. The van der Waals surface area contributed by atoms with Gasteiger partial charge in [-0.25, -0.2) is 0 Å². The van der Waals surface area contributed by atoms with Crippen LogP contribution in [0.25, 0.3) is 0 Å². The van der Waals surface area contributed by atoms with E-state index in [1.165, 1.54) is 5.56 Å². The number of anilines is 1. The van der Waals surface area contributed by atoms with Gasteiger partial charge in [-0.2, -0.15) is 0 Å². The van der Waals surface area contributed by atoms with Gasteiger partial charge < -0.3 is 10.5 Å². The number of rotatable bonds is 4. The van der Waals surface area contributed by atoms with Crippen LogP contribution in [0.3, 0.4) is 0 Å². The Labute approximate surface area is 108 Å². The third-order valence-electron chi connectivity index (χ3n) is 3.71. The van der Waals surface area contributed by atoms with Crippen molar-refractivity contribution in [3.63, 3.8) is 0 Å². The van der Waals surface area contributed by atoms with Crippen LogP contribution in [0.2, 0.25) is 0 Å². The van der Waals surface area contributed by atoms with Crippen LogP contribution in [0.1, 0.15) is 44.1 Å². The Morgan fingerprint density at radius 1 is 1.33 bits per heavy atom. The molecule has 0 heterocycles. The smallest absolute Gasteiger partial charge is 0.306 e. The molecule has 98 valence electrons. The summed E-state index contributed by atoms with van der Waals surface area (Å²) < 4.78 is 5.01. The summed E-state index contributed by atoms with van der Waals surface area (Å²) in [5.74, 6) is 0.997. The van der Waals surface area contributed by atoms with Crippen molar-refractivity contribution in [1.82, 2.24) is 0 Å². The number of carbonyl (C=O) groups excluding carboxylic acids is 1. The van der Waals surface area contributed by atoms with Gasteiger partial charge >= 0.3 is 5.97 Å². The van der Waals surface area contributed by atoms with E-state index in [1.54, 1.807) is 0 Å². The highest BCUT2D eigenvalue weighted by Gasteiger charge is 2.27. The van der Waals surface area contributed by atoms with Gasteiger partial charge in [-0.3, -0.25) is 4.79 Å². The molecule has 1 unspecified atom stereocenters. The fourth-order valence-electron chi connectivity index (χ4n) is 2.79. The fraction of sp³-hybridized carbons (Fsp3) is 0.533. The molecule has 2 rings (SSSR count). The first kappa shape index (κ1) is 12.9. The molecular formula is C15H21NO2. The van der Waals surface area contributed by atoms with Crippen LogP contribution < -0.4 is 5.73 Å². The fourth-order valence-corrected chi connectivity index (χ4v) is 2.79. The van der Waals surface area contributed by atoms with Crippen LogP contribution in [0, 0.1) is 5.92 Å². The van der Waals surface area contributed by atoms with E-state index in [0.717, 1.165) is 24.9 Å². The largest absolute Gasteiger partial charge is 0.466 e. The normalized spacial score (nSPS) is 22.9. The van der Waals surface area contributed by atoms with Gasteiger partial charge in [-0.1, -0.05) is 12.1 Å². The Kier molecular flexibility index (Phi) is 4.24. The molecule has 0 aromatic heterocycles.